The number of aromatic nitrogens is 1. The van der Waals surface area contributed by atoms with Gasteiger partial charge in [0.2, 0.25) is 10.0 Å². The van der Waals surface area contributed by atoms with Crippen LogP contribution in [-0.4, -0.2) is 32.5 Å². The Balaban J connectivity index is 0.00000225. The zero-order chi connectivity index (χ0) is 16.8. The Morgan fingerprint density at radius 3 is 2.56 bits per heavy atom. The summed E-state index contributed by atoms with van der Waals surface area (Å²) in [5, 5.41) is 5.02. The summed E-state index contributed by atoms with van der Waals surface area (Å²) in [7, 11) is -3.51. The molecule has 0 bridgehead atoms. The Hall–Kier alpha value is -1.21. The molecule has 1 heterocycles. The van der Waals surface area contributed by atoms with E-state index in [9.17, 15) is 8.42 Å². The monoisotopic (exact) mass is 383 g/mol. The van der Waals surface area contributed by atoms with E-state index in [0.29, 0.717) is 29.4 Å². The predicted molar refractivity (Wildman–Crippen MR) is 104 cm³/mol. The van der Waals surface area contributed by atoms with Crippen molar-refractivity contribution < 1.29 is 8.42 Å². The normalized spacial score (nSPS) is 16.3. The van der Waals surface area contributed by atoms with Crippen molar-refractivity contribution in [1.29, 1.82) is 0 Å². The number of halogens is 1. The van der Waals surface area contributed by atoms with Crippen LogP contribution >= 0.6 is 12.4 Å². The Bertz CT molecular complexity index is 769. The summed E-state index contributed by atoms with van der Waals surface area (Å²) in [5.41, 5.74) is 0. The van der Waals surface area contributed by atoms with E-state index in [-0.39, 0.29) is 12.4 Å². The number of nitrogens with one attached hydrogen (secondary N) is 2. The van der Waals surface area contributed by atoms with Gasteiger partial charge in [-0.1, -0.05) is 37.8 Å². The first kappa shape index (κ1) is 20.1. The molecule has 1 aliphatic rings. The zero-order valence-electron chi connectivity index (χ0n) is 14.3. The topological polar surface area (TPSA) is 71.1 Å². The first-order valence-electron chi connectivity index (χ1n) is 8.72. The zero-order valence-corrected chi connectivity index (χ0v) is 15.9. The number of sulfonamides is 1. The van der Waals surface area contributed by atoms with Gasteiger partial charge in [0.1, 0.15) is 0 Å². The number of hydrogen-bond donors (Lipinski definition) is 2. The first-order chi connectivity index (χ1) is 11.7. The first-order valence-corrected chi connectivity index (χ1v) is 10.2. The molecule has 2 N–H and O–H groups in total. The fraction of sp³-hybridized carbons (Fsp3) is 0.500. The molecule has 3 rings (SSSR count). The molecule has 1 aliphatic carbocycles. The van der Waals surface area contributed by atoms with E-state index in [1.807, 2.05) is 6.07 Å². The van der Waals surface area contributed by atoms with E-state index in [4.69, 9.17) is 0 Å². The lowest BCUT2D eigenvalue weighted by atomic mass is 10.1. The lowest BCUT2D eigenvalue weighted by molar-refractivity contribution is 0.461. The summed E-state index contributed by atoms with van der Waals surface area (Å²) in [6.07, 6.45) is 10.9. The largest absolute Gasteiger partial charge is 0.313 e. The number of hydrogen-bond acceptors (Lipinski definition) is 4. The van der Waals surface area contributed by atoms with Gasteiger partial charge in [0.25, 0.3) is 0 Å². The Morgan fingerprint density at radius 1 is 1.04 bits per heavy atom. The van der Waals surface area contributed by atoms with Gasteiger partial charge in [-0.25, -0.2) is 13.1 Å². The van der Waals surface area contributed by atoms with Crippen LogP contribution in [0.25, 0.3) is 10.8 Å². The maximum atomic E-state index is 12.6. The average Bonchev–Trinajstić information content (AvgIpc) is 2.87. The summed E-state index contributed by atoms with van der Waals surface area (Å²) in [4.78, 5) is 4.36. The van der Waals surface area contributed by atoms with Crippen molar-refractivity contribution in [3.8, 4) is 0 Å². The molecule has 0 amide bonds. The van der Waals surface area contributed by atoms with E-state index in [1.165, 1.54) is 38.5 Å². The number of nitrogens with zero attached hydrogens (tertiary/aromatic N) is 1. The van der Waals surface area contributed by atoms with Crippen LogP contribution in [0, 0.1) is 0 Å². The van der Waals surface area contributed by atoms with Gasteiger partial charge in [0, 0.05) is 42.3 Å². The van der Waals surface area contributed by atoms with Crippen LogP contribution in [0.1, 0.15) is 38.5 Å². The number of fused-ring (bicyclic) bond motifs is 1. The highest BCUT2D eigenvalue weighted by Gasteiger charge is 2.17. The molecule has 5 nitrogen and oxygen atoms in total. The van der Waals surface area contributed by atoms with Gasteiger partial charge < -0.3 is 5.32 Å². The van der Waals surface area contributed by atoms with E-state index < -0.39 is 10.0 Å². The summed E-state index contributed by atoms with van der Waals surface area (Å²) < 4.78 is 27.9. The van der Waals surface area contributed by atoms with Gasteiger partial charge in [0.05, 0.1) is 4.90 Å². The molecule has 1 fully saturated rings. The van der Waals surface area contributed by atoms with Crippen LogP contribution < -0.4 is 10.0 Å². The average molecular weight is 384 g/mol. The minimum atomic E-state index is -3.51. The molecular weight excluding hydrogens is 358 g/mol. The summed E-state index contributed by atoms with van der Waals surface area (Å²) in [6.45, 7) is 1.07. The molecule has 0 atom stereocenters. The fourth-order valence-electron chi connectivity index (χ4n) is 3.35. The second-order valence-corrected chi connectivity index (χ2v) is 8.13. The molecule has 2 aromatic rings. The lowest BCUT2D eigenvalue weighted by Crippen LogP contribution is -2.36. The highest BCUT2D eigenvalue weighted by Crippen LogP contribution is 2.21. The molecule has 0 radical (unpaired) electrons. The van der Waals surface area contributed by atoms with Gasteiger partial charge in [0.15, 0.2) is 0 Å². The molecule has 25 heavy (non-hydrogen) atoms. The summed E-state index contributed by atoms with van der Waals surface area (Å²) in [5.74, 6) is 0. The van der Waals surface area contributed by atoms with Crippen LogP contribution in [0.5, 0.6) is 0 Å². The van der Waals surface area contributed by atoms with Crippen molar-refractivity contribution in [2.75, 3.05) is 13.1 Å². The third-order valence-corrected chi connectivity index (χ3v) is 6.15. The van der Waals surface area contributed by atoms with E-state index in [0.717, 1.165) is 5.39 Å². The molecule has 0 aliphatic heterocycles. The molecule has 138 valence electrons. The highest BCUT2D eigenvalue weighted by molar-refractivity contribution is 7.89. The van der Waals surface area contributed by atoms with Crippen LogP contribution in [0.2, 0.25) is 0 Å². The van der Waals surface area contributed by atoms with Crippen molar-refractivity contribution >= 4 is 33.2 Å². The minimum absolute atomic E-state index is 0. The lowest BCUT2D eigenvalue weighted by Gasteiger charge is -2.16. The standard InChI is InChI=1S/C18H25N3O2S.ClH/c22-24(23,18-9-5-6-15-14-19-11-10-17(15)18)21-13-12-20-16-7-3-1-2-4-8-16;/h5-6,9-11,14,16,20-21H,1-4,7-8,12-13H2;1H. The molecule has 0 saturated heterocycles. The van der Waals surface area contributed by atoms with Gasteiger partial charge in [-0.15, -0.1) is 12.4 Å². The second-order valence-electron chi connectivity index (χ2n) is 6.39. The molecular formula is C18H26ClN3O2S. The van der Waals surface area contributed by atoms with Crippen molar-refractivity contribution in [3.05, 3.63) is 36.7 Å². The summed E-state index contributed by atoms with van der Waals surface area (Å²) in [6, 6.07) is 7.54. The van der Waals surface area contributed by atoms with E-state index in [2.05, 4.69) is 15.0 Å². The van der Waals surface area contributed by atoms with Crippen molar-refractivity contribution in [2.45, 2.75) is 49.5 Å². The molecule has 0 spiro atoms. The second kappa shape index (κ2) is 9.48. The quantitative estimate of drug-likeness (QED) is 0.593. The third kappa shape index (κ3) is 5.38. The fourth-order valence-corrected chi connectivity index (χ4v) is 4.61. The molecule has 1 aromatic carbocycles. The molecule has 1 saturated carbocycles. The SMILES string of the molecule is Cl.O=S(=O)(NCCNC1CCCCCC1)c1cccc2cnccc12. The van der Waals surface area contributed by atoms with Crippen molar-refractivity contribution in [2.24, 2.45) is 0 Å². The van der Waals surface area contributed by atoms with Gasteiger partial charge in [-0.2, -0.15) is 0 Å². The predicted octanol–water partition coefficient (Wildman–Crippen LogP) is 3.25. The third-order valence-electron chi connectivity index (χ3n) is 4.64. The number of rotatable bonds is 6. The van der Waals surface area contributed by atoms with Crippen LogP contribution in [0.3, 0.4) is 0 Å². The molecule has 7 heteroatoms. The van der Waals surface area contributed by atoms with Crippen LogP contribution in [0.15, 0.2) is 41.6 Å². The van der Waals surface area contributed by atoms with E-state index in [1.54, 1.807) is 30.6 Å². The number of benzene rings is 1. The molecule has 0 unspecified atom stereocenters. The van der Waals surface area contributed by atoms with Crippen LogP contribution in [-0.2, 0) is 10.0 Å². The van der Waals surface area contributed by atoms with Crippen molar-refractivity contribution in [3.63, 3.8) is 0 Å². The summed E-state index contributed by atoms with van der Waals surface area (Å²) >= 11 is 0. The number of pyridine rings is 1. The van der Waals surface area contributed by atoms with Crippen molar-refractivity contribution in [1.82, 2.24) is 15.0 Å². The smallest absolute Gasteiger partial charge is 0.241 e. The minimum Gasteiger partial charge on any atom is -0.313 e. The van der Waals surface area contributed by atoms with Gasteiger partial charge >= 0.3 is 0 Å². The Labute approximate surface area is 156 Å². The Kier molecular flexibility index (Phi) is 7.62. The highest BCUT2D eigenvalue weighted by atomic mass is 35.5. The molecule has 1 aromatic heterocycles. The maximum Gasteiger partial charge on any atom is 0.241 e. The van der Waals surface area contributed by atoms with Gasteiger partial charge in [-0.05, 0) is 25.0 Å². The van der Waals surface area contributed by atoms with Crippen LogP contribution in [0.4, 0.5) is 0 Å². The van der Waals surface area contributed by atoms with Gasteiger partial charge in [-0.3, -0.25) is 4.98 Å². The van der Waals surface area contributed by atoms with E-state index >= 15 is 0 Å². The Morgan fingerprint density at radius 2 is 1.80 bits per heavy atom. The maximum absolute atomic E-state index is 12.6.